The minimum absolute atomic E-state index is 0.00542. The number of anilines is 1. The summed E-state index contributed by atoms with van der Waals surface area (Å²) in [4.78, 5) is 52.1. The summed E-state index contributed by atoms with van der Waals surface area (Å²) in [6.07, 6.45) is 3.79. The third kappa shape index (κ3) is 3.72. The van der Waals surface area contributed by atoms with Crippen LogP contribution in [0, 0.1) is 0 Å². The fraction of sp³-hybridized carbons (Fsp3) is 0.500. The molecule has 0 N–H and O–H groups in total. The van der Waals surface area contributed by atoms with Gasteiger partial charge in [-0.1, -0.05) is 12.8 Å². The Kier molecular flexibility index (Phi) is 5.58. The molecule has 1 aliphatic heterocycles. The number of carbonyl (C=O) groups is 4. The highest BCUT2D eigenvalue weighted by molar-refractivity contribution is 6.23. The highest BCUT2D eigenvalue weighted by Gasteiger charge is 2.46. The number of esters is 1. The fourth-order valence-corrected chi connectivity index (χ4v) is 3.98. The summed E-state index contributed by atoms with van der Waals surface area (Å²) >= 11 is 0. The van der Waals surface area contributed by atoms with Crippen molar-refractivity contribution in [3.8, 4) is 0 Å². The number of amides is 3. The maximum Gasteiger partial charge on any atom is 0.338 e. The molecule has 1 heterocycles. The number of nitrogens with zero attached hydrogens (tertiary/aromatic N) is 2. The molecule has 3 rings (SSSR count). The van der Waals surface area contributed by atoms with Crippen LogP contribution in [0.4, 0.5) is 5.69 Å². The Balaban J connectivity index is 1.81. The van der Waals surface area contributed by atoms with Crippen molar-refractivity contribution in [3.05, 3.63) is 29.8 Å². The summed E-state index contributed by atoms with van der Waals surface area (Å²) in [5, 5.41) is 0. The third-order valence-corrected chi connectivity index (χ3v) is 5.18. The summed E-state index contributed by atoms with van der Waals surface area (Å²) in [6, 6.07) is 5.44. The van der Waals surface area contributed by atoms with E-state index in [9.17, 15) is 19.2 Å². The predicted octanol–water partition coefficient (Wildman–Crippen LogP) is 2.29. The molecule has 0 spiro atoms. The highest BCUT2D eigenvalue weighted by Crippen LogP contribution is 2.31. The first kappa shape index (κ1) is 19.1. The summed E-state index contributed by atoms with van der Waals surface area (Å²) in [5.74, 6) is -1.35. The molecule has 1 saturated heterocycles. The van der Waals surface area contributed by atoms with Gasteiger partial charge in [0.25, 0.3) is 5.91 Å². The fourth-order valence-electron chi connectivity index (χ4n) is 3.98. The molecular formula is C20H24N2O5. The van der Waals surface area contributed by atoms with Gasteiger partial charge in [-0.3, -0.25) is 14.4 Å². The maximum absolute atomic E-state index is 13.0. The summed E-state index contributed by atoms with van der Waals surface area (Å²) in [7, 11) is 0. The van der Waals surface area contributed by atoms with Crippen LogP contribution in [0.25, 0.3) is 0 Å². The molecule has 0 radical (unpaired) electrons. The molecule has 1 saturated carbocycles. The molecule has 144 valence electrons. The second kappa shape index (κ2) is 7.90. The molecule has 1 unspecified atom stereocenters. The standard InChI is InChI=1S/C20H24N2O5/c1-3-27-20(26)14-8-10-16(11-9-14)22-18(24)12-17(19(22)25)21(13(2)23)15-6-4-5-7-15/h8-11,15,17H,3-7,12H2,1-2H3. The van der Waals surface area contributed by atoms with E-state index in [1.165, 1.54) is 19.1 Å². The average molecular weight is 372 g/mol. The van der Waals surface area contributed by atoms with Gasteiger partial charge in [0.15, 0.2) is 0 Å². The van der Waals surface area contributed by atoms with E-state index in [4.69, 9.17) is 4.74 Å². The first-order valence-electron chi connectivity index (χ1n) is 9.37. The minimum Gasteiger partial charge on any atom is -0.462 e. The van der Waals surface area contributed by atoms with Crippen LogP contribution in [-0.2, 0) is 19.1 Å². The van der Waals surface area contributed by atoms with E-state index in [1.807, 2.05) is 0 Å². The Morgan fingerprint density at radius 2 is 1.78 bits per heavy atom. The van der Waals surface area contributed by atoms with Crippen molar-refractivity contribution in [1.82, 2.24) is 4.90 Å². The predicted molar refractivity (Wildman–Crippen MR) is 98.1 cm³/mol. The Morgan fingerprint density at radius 3 is 2.33 bits per heavy atom. The minimum atomic E-state index is -0.747. The van der Waals surface area contributed by atoms with Gasteiger partial charge in [0.05, 0.1) is 24.3 Å². The van der Waals surface area contributed by atoms with Crippen LogP contribution in [0.3, 0.4) is 0 Å². The van der Waals surface area contributed by atoms with Gasteiger partial charge >= 0.3 is 5.97 Å². The number of carbonyl (C=O) groups excluding carboxylic acids is 4. The molecule has 0 aromatic heterocycles. The summed E-state index contributed by atoms with van der Waals surface area (Å²) in [5.41, 5.74) is 0.753. The van der Waals surface area contributed by atoms with Crippen molar-refractivity contribution in [3.63, 3.8) is 0 Å². The second-order valence-electron chi connectivity index (χ2n) is 6.92. The molecular weight excluding hydrogens is 348 g/mol. The Hall–Kier alpha value is -2.70. The van der Waals surface area contributed by atoms with Crippen LogP contribution in [0.15, 0.2) is 24.3 Å². The van der Waals surface area contributed by atoms with Crippen molar-refractivity contribution in [1.29, 1.82) is 0 Å². The SMILES string of the molecule is CCOC(=O)c1ccc(N2C(=O)CC(N(C(C)=O)C3CCCC3)C2=O)cc1. The smallest absolute Gasteiger partial charge is 0.338 e. The lowest BCUT2D eigenvalue weighted by molar-refractivity contribution is -0.139. The Morgan fingerprint density at radius 1 is 1.15 bits per heavy atom. The number of benzene rings is 1. The molecule has 1 atom stereocenters. The van der Waals surface area contributed by atoms with E-state index in [0.717, 1.165) is 30.6 Å². The third-order valence-electron chi connectivity index (χ3n) is 5.18. The Labute approximate surface area is 158 Å². The zero-order valence-corrected chi connectivity index (χ0v) is 15.6. The van der Waals surface area contributed by atoms with Crippen molar-refractivity contribution < 1.29 is 23.9 Å². The lowest BCUT2D eigenvalue weighted by Gasteiger charge is -2.32. The Bertz CT molecular complexity index is 752. The molecule has 2 fully saturated rings. The molecule has 1 aliphatic carbocycles. The van der Waals surface area contributed by atoms with E-state index in [0.29, 0.717) is 11.3 Å². The number of hydrogen-bond donors (Lipinski definition) is 0. The molecule has 7 nitrogen and oxygen atoms in total. The van der Waals surface area contributed by atoms with Gasteiger partial charge in [-0.25, -0.2) is 9.69 Å². The largest absolute Gasteiger partial charge is 0.462 e. The van der Waals surface area contributed by atoms with Crippen LogP contribution >= 0.6 is 0 Å². The average Bonchev–Trinajstić information content (AvgIpc) is 3.25. The van der Waals surface area contributed by atoms with Crippen molar-refractivity contribution >= 4 is 29.4 Å². The second-order valence-corrected chi connectivity index (χ2v) is 6.92. The van der Waals surface area contributed by atoms with Crippen molar-refractivity contribution in [2.75, 3.05) is 11.5 Å². The summed E-state index contributed by atoms with van der Waals surface area (Å²) < 4.78 is 4.94. The normalized spacial score (nSPS) is 20.2. The molecule has 7 heteroatoms. The lowest BCUT2D eigenvalue weighted by Crippen LogP contribution is -2.49. The quantitative estimate of drug-likeness (QED) is 0.585. The van der Waals surface area contributed by atoms with Crippen molar-refractivity contribution in [2.24, 2.45) is 0 Å². The molecule has 1 aromatic rings. The number of hydrogen-bond acceptors (Lipinski definition) is 5. The molecule has 2 aliphatic rings. The molecule has 27 heavy (non-hydrogen) atoms. The zero-order valence-electron chi connectivity index (χ0n) is 15.6. The van der Waals surface area contributed by atoms with Gasteiger partial charge in [0.2, 0.25) is 11.8 Å². The first-order valence-corrected chi connectivity index (χ1v) is 9.37. The van der Waals surface area contributed by atoms with E-state index in [1.54, 1.807) is 24.0 Å². The van der Waals surface area contributed by atoms with Gasteiger partial charge in [-0.15, -0.1) is 0 Å². The van der Waals surface area contributed by atoms with Crippen molar-refractivity contribution in [2.45, 2.75) is 58.0 Å². The van der Waals surface area contributed by atoms with E-state index >= 15 is 0 Å². The number of imide groups is 1. The van der Waals surface area contributed by atoms with Crippen LogP contribution in [0.2, 0.25) is 0 Å². The van der Waals surface area contributed by atoms with Gasteiger partial charge in [-0.2, -0.15) is 0 Å². The van der Waals surface area contributed by atoms with Crippen LogP contribution in [0.5, 0.6) is 0 Å². The molecule has 0 bridgehead atoms. The first-order chi connectivity index (χ1) is 12.9. The zero-order chi connectivity index (χ0) is 19.6. The van der Waals surface area contributed by atoms with Crippen LogP contribution in [0.1, 0.15) is 56.3 Å². The molecule has 1 aromatic carbocycles. The molecule has 3 amide bonds. The topological polar surface area (TPSA) is 84.0 Å². The summed E-state index contributed by atoms with van der Waals surface area (Å²) in [6.45, 7) is 3.44. The van der Waals surface area contributed by atoms with E-state index in [-0.39, 0.29) is 36.8 Å². The van der Waals surface area contributed by atoms with E-state index < -0.39 is 12.0 Å². The van der Waals surface area contributed by atoms with Crippen LogP contribution < -0.4 is 4.90 Å². The van der Waals surface area contributed by atoms with Gasteiger partial charge in [0.1, 0.15) is 6.04 Å². The lowest BCUT2D eigenvalue weighted by atomic mass is 10.1. The van der Waals surface area contributed by atoms with Gasteiger partial charge in [0, 0.05) is 13.0 Å². The monoisotopic (exact) mass is 372 g/mol. The van der Waals surface area contributed by atoms with Gasteiger partial charge in [-0.05, 0) is 44.0 Å². The van der Waals surface area contributed by atoms with Crippen LogP contribution in [-0.4, -0.2) is 47.3 Å². The number of ether oxygens (including phenoxy) is 1. The van der Waals surface area contributed by atoms with Gasteiger partial charge < -0.3 is 9.64 Å². The highest BCUT2D eigenvalue weighted by atomic mass is 16.5. The maximum atomic E-state index is 13.0. The van der Waals surface area contributed by atoms with E-state index in [2.05, 4.69) is 0 Å². The number of rotatable bonds is 5.